The second-order valence-corrected chi connectivity index (χ2v) is 7.52. The van der Waals surface area contributed by atoms with Gasteiger partial charge < -0.3 is 20.1 Å². The Labute approximate surface area is 189 Å². The Bertz CT molecular complexity index is 1040. The van der Waals surface area contributed by atoms with Crippen LogP contribution in [0.25, 0.3) is 0 Å². The van der Waals surface area contributed by atoms with Crippen molar-refractivity contribution < 1.29 is 28.7 Å². The first-order valence-electron chi connectivity index (χ1n) is 9.72. The Morgan fingerprint density at radius 1 is 1.16 bits per heavy atom. The molecular formula is C22H22ClN3O6. The fourth-order valence-electron chi connectivity index (χ4n) is 3.32. The summed E-state index contributed by atoms with van der Waals surface area (Å²) < 4.78 is 9.97. The van der Waals surface area contributed by atoms with Gasteiger partial charge in [0.2, 0.25) is 11.8 Å². The molecule has 168 valence electrons. The van der Waals surface area contributed by atoms with Gasteiger partial charge in [-0.15, -0.1) is 0 Å². The van der Waals surface area contributed by atoms with Gasteiger partial charge in [0.25, 0.3) is 0 Å². The predicted octanol–water partition coefficient (Wildman–Crippen LogP) is 2.48. The Morgan fingerprint density at radius 2 is 1.88 bits per heavy atom. The van der Waals surface area contributed by atoms with Crippen molar-refractivity contribution in [3.05, 3.63) is 58.6 Å². The zero-order valence-electron chi connectivity index (χ0n) is 17.5. The number of urea groups is 1. The number of methoxy groups -OCH3 is 2. The van der Waals surface area contributed by atoms with Gasteiger partial charge in [-0.25, -0.2) is 9.59 Å². The molecule has 0 spiro atoms. The second-order valence-electron chi connectivity index (χ2n) is 7.08. The molecule has 1 aliphatic heterocycles. The Kier molecular flexibility index (Phi) is 7.32. The van der Waals surface area contributed by atoms with Gasteiger partial charge in [-0.3, -0.25) is 14.5 Å². The number of nitrogens with zero attached hydrogens (tertiary/aromatic N) is 1. The maximum absolute atomic E-state index is 13.1. The van der Waals surface area contributed by atoms with Crippen LogP contribution in [0.3, 0.4) is 0 Å². The van der Waals surface area contributed by atoms with E-state index in [2.05, 4.69) is 15.4 Å². The van der Waals surface area contributed by atoms with E-state index in [-0.39, 0.29) is 13.0 Å². The van der Waals surface area contributed by atoms with Crippen molar-refractivity contribution in [3.8, 4) is 5.75 Å². The molecule has 0 bridgehead atoms. The van der Waals surface area contributed by atoms with Crippen molar-refractivity contribution >= 4 is 41.1 Å². The van der Waals surface area contributed by atoms with Crippen molar-refractivity contribution in [3.63, 3.8) is 0 Å². The molecule has 0 aliphatic carbocycles. The number of carbonyl (C=O) groups is 4. The Morgan fingerprint density at radius 3 is 2.53 bits per heavy atom. The maximum atomic E-state index is 13.1. The van der Waals surface area contributed by atoms with Gasteiger partial charge in [0.05, 0.1) is 25.7 Å². The molecule has 4 amide bonds. The van der Waals surface area contributed by atoms with Crippen molar-refractivity contribution in [2.45, 2.75) is 6.42 Å². The van der Waals surface area contributed by atoms with Crippen LogP contribution in [0.4, 0.5) is 10.5 Å². The van der Waals surface area contributed by atoms with Gasteiger partial charge in [0.1, 0.15) is 12.3 Å². The molecule has 0 radical (unpaired) electrons. The normalized spacial score (nSPS) is 16.1. The SMILES string of the molecule is COC(=O)c1ccc(NC(=O)N2CC(=O)NCC(Cc3cc(Cl)ccc3OC)C2=O)cc1. The molecule has 2 aromatic rings. The predicted molar refractivity (Wildman–Crippen MR) is 117 cm³/mol. The summed E-state index contributed by atoms with van der Waals surface area (Å²) in [5, 5.41) is 5.73. The van der Waals surface area contributed by atoms with Crippen LogP contribution < -0.4 is 15.4 Å². The van der Waals surface area contributed by atoms with Crippen molar-refractivity contribution in [1.29, 1.82) is 0 Å². The second kappa shape index (κ2) is 10.1. The molecule has 1 heterocycles. The maximum Gasteiger partial charge on any atom is 0.337 e. The minimum Gasteiger partial charge on any atom is -0.496 e. The van der Waals surface area contributed by atoms with E-state index in [4.69, 9.17) is 16.3 Å². The van der Waals surface area contributed by atoms with E-state index >= 15 is 0 Å². The molecule has 1 aliphatic rings. The molecule has 3 rings (SSSR count). The van der Waals surface area contributed by atoms with E-state index in [0.717, 1.165) is 4.90 Å². The van der Waals surface area contributed by atoms with Crippen LogP contribution in [-0.4, -0.2) is 56.0 Å². The van der Waals surface area contributed by atoms with Crippen molar-refractivity contribution in [2.75, 3.05) is 32.6 Å². The Balaban J connectivity index is 1.77. The summed E-state index contributed by atoms with van der Waals surface area (Å²) in [6.07, 6.45) is 0.223. The lowest BCUT2D eigenvalue weighted by Gasteiger charge is -2.22. The van der Waals surface area contributed by atoms with E-state index in [1.807, 2.05) is 0 Å². The fraction of sp³-hybridized carbons (Fsp3) is 0.273. The highest BCUT2D eigenvalue weighted by molar-refractivity contribution is 6.30. The van der Waals surface area contributed by atoms with Crippen LogP contribution in [-0.2, 0) is 20.7 Å². The van der Waals surface area contributed by atoms with Gasteiger partial charge in [0, 0.05) is 17.3 Å². The largest absolute Gasteiger partial charge is 0.496 e. The fourth-order valence-corrected chi connectivity index (χ4v) is 3.52. The lowest BCUT2D eigenvalue weighted by molar-refractivity contribution is -0.133. The van der Waals surface area contributed by atoms with Crippen molar-refractivity contribution in [2.24, 2.45) is 5.92 Å². The third-order valence-electron chi connectivity index (χ3n) is 4.97. The first-order valence-corrected chi connectivity index (χ1v) is 10.1. The summed E-state index contributed by atoms with van der Waals surface area (Å²) in [6.45, 7) is -0.334. The highest BCUT2D eigenvalue weighted by atomic mass is 35.5. The van der Waals surface area contributed by atoms with E-state index in [9.17, 15) is 19.2 Å². The van der Waals surface area contributed by atoms with Gasteiger partial charge >= 0.3 is 12.0 Å². The van der Waals surface area contributed by atoms with Gasteiger partial charge in [0.15, 0.2) is 0 Å². The topological polar surface area (TPSA) is 114 Å². The summed E-state index contributed by atoms with van der Waals surface area (Å²) in [5.74, 6) is -1.61. The van der Waals surface area contributed by atoms with Gasteiger partial charge in [-0.1, -0.05) is 11.6 Å². The monoisotopic (exact) mass is 459 g/mol. The zero-order chi connectivity index (χ0) is 23.3. The third-order valence-corrected chi connectivity index (χ3v) is 5.21. The summed E-state index contributed by atoms with van der Waals surface area (Å²) in [7, 11) is 2.78. The molecule has 0 aromatic heterocycles. The highest BCUT2D eigenvalue weighted by Crippen LogP contribution is 2.26. The number of amides is 4. The number of rotatable bonds is 5. The lowest BCUT2D eigenvalue weighted by Crippen LogP contribution is -2.44. The number of benzene rings is 2. The van der Waals surface area contributed by atoms with Crippen LogP contribution in [0.5, 0.6) is 5.75 Å². The van der Waals surface area contributed by atoms with Gasteiger partial charge in [-0.2, -0.15) is 0 Å². The lowest BCUT2D eigenvalue weighted by atomic mass is 9.97. The molecule has 32 heavy (non-hydrogen) atoms. The van der Waals surface area contributed by atoms with Crippen LogP contribution in [0.2, 0.25) is 5.02 Å². The summed E-state index contributed by atoms with van der Waals surface area (Å²) in [5.41, 5.74) is 1.35. The smallest absolute Gasteiger partial charge is 0.337 e. The average molecular weight is 460 g/mol. The standard InChI is InChI=1S/C22H22ClN3O6/c1-31-18-8-5-16(23)10-14(18)9-15-11-24-19(27)12-26(20(15)28)22(30)25-17-6-3-13(4-7-17)21(29)32-2/h3-8,10,15H,9,11-12H2,1-2H3,(H,24,27)(H,25,30). The number of halogens is 1. The number of anilines is 1. The summed E-state index contributed by atoms with van der Waals surface area (Å²) in [4.78, 5) is 50.5. The minimum absolute atomic E-state index is 0.0743. The third kappa shape index (κ3) is 5.36. The molecule has 1 atom stereocenters. The number of esters is 1. The molecule has 10 heteroatoms. The molecule has 2 aromatic carbocycles. The van der Waals surface area contributed by atoms with E-state index in [1.54, 1.807) is 18.2 Å². The van der Waals surface area contributed by atoms with Crippen LogP contribution in [0.15, 0.2) is 42.5 Å². The van der Waals surface area contributed by atoms with E-state index in [1.165, 1.54) is 38.5 Å². The number of nitrogens with one attached hydrogen (secondary N) is 2. The summed E-state index contributed by atoms with van der Waals surface area (Å²) >= 11 is 6.08. The molecular weight excluding hydrogens is 438 g/mol. The first-order chi connectivity index (χ1) is 15.3. The number of hydrogen-bond acceptors (Lipinski definition) is 6. The van der Waals surface area contributed by atoms with Crippen molar-refractivity contribution in [1.82, 2.24) is 10.2 Å². The first kappa shape index (κ1) is 23.1. The van der Waals surface area contributed by atoms with Crippen LogP contribution in [0.1, 0.15) is 15.9 Å². The Hall–Kier alpha value is -3.59. The molecule has 9 nitrogen and oxygen atoms in total. The van der Waals surface area contributed by atoms with Crippen LogP contribution >= 0.6 is 11.6 Å². The molecule has 2 N–H and O–H groups in total. The number of hydrogen-bond donors (Lipinski definition) is 2. The molecule has 1 unspecified atom stereocenters. The summed E-state index contributed by atoms with van der Waals surface area (Å²) in [6, 6.07) is 10.3. The number of carbonyl (C=O) groups excluding carboxylic acids is 4. The zero-order valence-corrected chi connectivity index (χ0v) is 18.3. The minimum atomic E-state index is -0.749. The van der Waals surface area contributed by atoms with E-state index in [0.29, 0.717) is 27.6 Å². The van der Waals surface area contributed by atoms with Gasteiger partial charge in [-0.05, 0) is 54.4 Å². The highest BCUT2D eigenvalue weighted by Gasteiger charge is 2.34. The quantitative estimate of drug-likeness (QED) is 0.664. The number of imide groups is 1. The molecule has 0 saturated carbocycles. The average Bonchev–Trinajstić information content (AvgIpc) is 2.93. The van der Waals surface area contributed by atoms with Crippen LogP contribution in [0, 0.1) is 5.92 Å². The number of ether oxygens (including phenoxy) is 2. The molecule has 1 saturated heterocycles. The van der Waals surface area contributed by atoms with E-state index < -0.39 is 36.3 Å². The molecule has 1 fully saturated rings.